The van der Waals surface area contributed by atoms with Crippen molar-refractivity contribution in [2.24, 2.45) is 0 Å². The fourth-order valence-corrected chi connectivity index (χ4v) is 3.00. The summed E-state index contributed by atoms with van der Waals surface area (Å²) in [6.07, 6.45) is 0. The quantitative estimate of drug-likeness (QED) is 0.494. The number of hydrogen-bond donors (Lipinski definition) is 1. The fourth-order valence-electron chi connectivity index (χ4n) is 2.81. The molecule has 0 radical (unpaired) electrons. The molecule has 4 aromatic rings. The second-order valence-electron chi connectivity index (χ2n) is 5.92. The summed E-state index contributed by atoms with van der Waals surface area (Å²) in [6.45, 7) is 2.06. The van der Waals surface area contributed by atoms with E-state index in [2.05, 4.69) is 47.6 Å². The first-order valence-electron chi connectivity index (χ1n) is 8.05. The number of aromatic nitrogens is 2. The molecule has 4 rings (SSSR count). The lowest BCUT2D eigenvalue weighted by molar-refractivity contribution is 1.21. The molecule has 0 saturated heterocycles. The van der Waals surface area contributed by atoms with Gasteiger partial charge >= 0.3 is 0 Å². The second-order valence-corrected chi connectivity index (χ2v) is 6.35. The Morgan fingerprint density at radius 3 is 2.48 bits per heavy atom. The average molecular weight is 346 g/mol. The van der Waals surface area contributed by atoms with Crippen molar-refractivity contribution in [3.05, 3.63) is 83.4 Å². The first-order chi connectivity index (χ1) is 12.2. The molecule has 3 aromatic carbocycles. The van der Waals surface area contributed by atoms with Crippen molar-refractivity contribution in [1.82, 2.24) is 9.97 Å². The number of benzene rings is 3. The summed E-state index contributed by atoms with van der Waals surface area (Å²) < 4.78 is 0. The highest BCUT2D eigenvalue weighted by atomic mass is 35.5. The van der Waals surface area contributed by atoms with Gasteiger partial charge in [-0.05, 0) is 36.8 Å². The van der Waals surface area contributed by atoms with Gasteiger partial charge in [0.1, 0.15) is 0 Å². The monoisotopic (exact) mass is 345 g/mol. The van der Waals surface area contributed by atoms with Crippen LogP contribution in [-0.4, -0.2) is 9.97 Å². The Hall–Kier alpha value is -2.91. The van der Waals surface area contributed by atoms with Crippen LogP contribution < -0.4 is 5.32 Å². The molecule has 4 heteroatoms. The highest BCUT2D eigenvalue weighted by molar-refractivity contribution is 6.30. The van der Waals surface area contributed by atoms with Crippen LogP contribution in [0.3, 0.4) is 0 Å². The number of nitrogens with one attached hydrogen (secondary N) is 1. The number of nitrogens with zero attached hydrogens (tertiary/aromatic N) is 2. The maximum absolute atomic E-state index is 6.07. The van der Waals surface area contributed by atoms with Crippen LogP contribution in [0, 0.1) is 6.92 Å². The Labute approximate surface area is 151 Å². The Kier molecular flexibility index (Phi) is 4.08. The van der Waals surface area contributed by atoms with Gasteiger partial charge < -0.3 is 5.32 Å². The summed E-state index contributed by atoms with van der Waals surface area (Å²) in [7, 11) is 0. The number of halogens is 1. The minimum Gasteiger partial charge on any atom is -0.324 e. The number of rotatable bonds is 3. The first kappa shape index (κ1) is 15.6. The van der Waals surface area contributed by atoms with E-state index in [4.69, 9.17) is 16.6 Å². The van der Waals surface area contributed by atoms with Crippen LogP contribution in [0.15, 0.2) is 72.8 Å². The minimum atomic E-state index is 0.555. The molecule has 1 N–H and O–H groups in total. The van der Waals surface area contributed by atoms with Crippen molar-refractivity contribution >= 4 is 34.1 Å². The van der Waals surface area contributed by atoms with E-state index in [-0.39, 0.29) is 0 Å². The Balaban J connectivity index is 1.88. The van der Waals surface area contributed by atoms with Crippen LogP contribution in [0.4, 0.5) is 11.6 Å². The molecule has 0 aliphatic carbocycles. The third-order valence-electron chi connectivity index (χ3n) is 3.98. The van der Waals surface area contributed by atoms with Gasteiger partial charge in [0, 0.05) is 21.7 Å². The summed E-state index contributed by atoms with van der Waals surface area (Å²) in [5.74, 6) is 0.555. The van der Waals surface area contributed by atoms with Gasteiger partial charge in [-0.2, -0.15) is 0 Å². The molecule has 0 fully saturated rings. The predicted octanol–water partition coefficient (Wildman–Crippen LogP) is 6.00. The van der Waals surface area contributed by atoms with Crippen molar-refractivity contribution in [2.75, 3.05) is 5.32 Å². The van der Waals surface area contributed by atoms with Gasteiger partial charge in [0.15, 0.2) is 0 Å². The first-order valence-corrected chi connectivity index (χ1v) is 8.43. The summed E-state index contributed by atoms with van der Waals surface area (Å²) >= 11 is 6.07. The van der Waals surface area contributed by atoms with E-state index in [0.717, 1.165) is 27.8 Å². The van der Waals surface area contributed by atoms with Crippen LogP contribution in [0.1, 0.15) is 5.56 Å². The zero-order valence-electron chi connectivity index (χ0n) is 13.7. The van der Waals surface area contributed by atoms with Crippen LogP contribution >= 0.6 is 11.6 Å². The molecule has 0 atom stereocenters. The molecule has 0 saturated carbocycles. The highest BCUT2D eigenvalue weighted by Gasteiger charge is 2.10. The summed E-state index contributed by atoms with van der Waals surface area (Å²) in [4.78, 5) is 9.44. The normalized spacial score (nSPS) is 10.8. The zero-order valence-corrected chi connectivity index (χ0v) is 14.5. The molecule has 1 aromatic heterocycles. The maximum atomic E-state index is 6.07. The number of fused-ring (bicyclic) bond motifs is 1. The molecule has 0 bridgehead atoms. The number of anilines is 2. The molecule has 0 aliphatic heterocycles. The van der Waals surface area contributed by atoms with E-state index >= 15 is 0 Å². The Bertz CT molecular complexity index is 1050. The molecule has 0 amide bonds. The van der Waals surface area contributed by atoms with Gasteiger partial charge in [-0.15, -0.1) is 0 Å². The molecule has 0 unspecified atom stereocenters. The smallest absolute Gasteiger partial charge is 0.228 e. The van der Waals surface area contributed by atoms with E-state index in [1.54, 1.807) is 0 Å². The van der Waals surface area contributed by atoms with Gasteiger partial charge in [0.2, 0.25) is 5.95 Å². The van der Waals surface area contributed by atoms with E-state index in [1.807, 2.05) is 42.5 Å². The van der Waals surface area contributed by atoms with Gasteiger partial charge in [0.25, 0.3) is 0 Å². The molecule has 1 heterocycles. The van der Waals surface area contributed by atoms with Crippen LogP contribution in [0.2, 0.25) is 5.02 Å². The van der Waals surface area contributed by atoms with Crippen molar-refractivity contribution in [3.8, 4) is 11.3 Å². The molecule has 0 spiro atoms. The molecule has 25 heavy (non-hydrogen) atoms. The Morgan fingerprint density at radius 1 is 0.840 bits per heavy atom. The maximum Gasteiger partial charge on any atom is 0.228 e. The van der Waals surface area contributed by atoms with E-state index in [0.29, 0.717) is 11.0 Å². The van der Waals surface area contributed by atoms with Crippen molar-refractivity contribution in [1.29, 1.82) is 0 Å². The topological polar surface area (TPSA) is 37.8 Å². The predicted molar refractivity (Wildman–Crippen MR) is 104 cm³/mol. The van der Waals surface area contributed by atoms with Crippen LogP contribution in [0.5, 0.6) is 0 Å². The summed E-state index contributed by atoms with van der Waals surface area (Å²) in [5, 5.41) is 4.97. The third-order valence-corrected chi connectivity index (χ3v) is 4.22. The standard InChI is InChI=1S/C21H16ClN3/c1-14-10-11-18-19(12-14)24-21(23-17-9-5-8-16(22)13-17)25-20(18)15-6-3-2-4-7-15/h2-13H,1H3,(H,23,24,25). The van der Waals surface area contributed by atoms with Crippen LogP contribution in [0.25, 0.3) is 22.2 Å². The summed E-state index contributed by atoms with van der Waals surface area (Å²) in [6, 6.07) is 23.9. The second kappa shape index (κ2) is 6.54. The van der Waals surface area contributed by atoms with Crippen LogP contribution in [-0.2, 0) is 0 Å². The van der Waals surface area contributed by atoms with Gasteiger partial charge in [-0.25, -0.2) is 9.97 Å². The van der Waals surface area contributed by atoms with Gasteiger partial charge in [-0.3, -0.25) is 0 Å². The lowest BCUT2D eigenvalue weighted by Crippen LogP contribution is -2.00. The SMILES string of the molecule is Cc1ccc2c(-c3ccccc3)nc(Nc3cccc(Cl)c3)nc2c1. The number of aryl methyl sites for hydroxylation is 1. The van der Waals surface area contributed by atoms with Crippen molar-refractivity contribution in [3.63, 3.8) is 0 Å². The average Bonchev–Trinajstić information content (AvgIpc) is 2.61. The zero-order chi connectivity index (χ0) is 17.2. The highest BCUT2D eigenvalue weighted by Crippen LogP contribution is 2.29. The lowest BCUT2D eigenvalue weighted by atomic mass is 10.1. The molecule has 0 aliphatic rings. The molecular weight excluding hydrogens is 330 g/mol. The molecule has 3 nitrogen and oxygen atoms in total. The Morgan fingerprint density at radius 2 is 1.68 bits per heavy atom. The third kappa shape index (κ3) is 3.32. The van der Waals surface area contributed by atoms with E-state index < -0.39 is 0 Å². The van der Waals surface area contributed by atoms with Crippen molar-refractivity contribution in [2.45, 2.75) is 6.92 Å². The minimum absolute atomic E-state index is 0.555. The molecule has 122 valence electrons. The van der Waals surface area contributed by atoms with E-state index in [9.17, 15) is 0 Å². The molecular formula is C21H16ClN3. The summed E-state index contributed by atoms with van der Waals surface area (Å²) in [5.41, 5.74) is 4.92. The fraction of sp³-hybridized carbons (Fsp3) is 0.0476. The van der Waals surface area contributed by atoms with Gasteiger partial charge in [-0.1, -0.05) is 60.1 Å². The van der Waals surface area contributed by atoms with Crippen molar-refractivity contribution < 1.29 is 0 Å². The number of hydrogen-bond acceptors (Lipinski definition) is 3. The van der Waals surface area contributed by atoms with Gasteiger partial charge in [0.05, 0.1) is 11.2 Å². The van der Waals surface area contributed by atoms with E-state index in [1.165, 1.54) is 5.56 Å². The largest absolute Gasteiger partial charge is 0.324 e. The lowest BCUT2D eigenvalue weighted by Gasteiger charge is -2.11.